The highest BCUT2D eigenvalue weighted by Crippen LogP contribution is 2.27. The molecule has 2 aromatic carbocycles. The van der Waals surface area contributed by atoms with Crippen molar-refractivity contribution in [2.75, 3.05) is 5.32 Å². The van der Waals surface area contributed by atoms with E-state index in [1.54, 1.807) is 36.4 Å². The van der Waals surface area contributed by atoms with Crippen LogP contribution in [0.1, 0.15) is 15.2 Å². The number of nitrogens with zero attached hydrogens (tertiary/aromatic N) is 2. The molecule has 0 atom stereocenters. The topological polar surface area (TPSA) is 85.1 Å². The van der Waals surface area contributed by atoms with Gasteiger partial charge in [0.05, 0.1) is 21.0 Å². The van der Waals surface area contributed by atoms with Crippen LogP contribution in [0.4, 0.5) is 16.5 Å². The second-order valence-electron chi connectivity index (χ2n) is 4.77. The minimum absolute atomic E-state index is 0.0241. The lowest BCUT2D eigenvalue weighted by molar-refractivity contribution is -0.384. The van der Waals surface area contributed by atoms with E-state index in [2.05, 4.69) is 10.3 Å². The van der Waals surface area contributed by atoms with Crippen molar-refractivity contribution in [3.05, 3.63) is 80.3 Å². The Labute approximate surface area is 145 Å². The molecular formula is C16H10ClN3O3S. The summed E-state index contributed by atoms with van der Waals surface area (Å²) in [5.74, 6) is -0.217. The summed E-state index contributed by atoms with van der Waals surface area (Å²) in [4.78, 5) is 27.3. The summed E-state index contributed by atoms with van der Waals surface area (Å²) in [6.45, 7) is 0. The van der Waals surface area contributed by atoms with Gasteiger partial charge in [0.15, 0.2) is 5.13 Å². The number of hydrogen-bond donors (Lipinski definition) is 1. The van der Waals surface area contributed by atoms with Crippen molar-refractivity contribution in [3.63, 3.8) is 0 Å². The van der Waals surface area contributed by atoms with Gasteiger partial charge in [0.1, 0.15) is 0 Å². The number of nitro groups is 1. The number of non-ortho nitro benzene ring substituents is 1. The third-order valence-corrected chi connectivity index (χ3v) is 4.40. The first-order chi connectivity index (χ1) is 11.5. The zero-order valence-electron chi connectivity index (χ0n) is 12.1. The summed E-state index contributed by atoms with van der Waals surface area (Å²) < 4.78 is 0. The normalized spacial score (nSPS) is 10.4. The van der Waals surface area contributed by atoms with Crippen molar-refractivity contribution >= 4 is 45.2 Å². The van der Waals surface area contributed by atoms with Gasteiger partial charge in [-0.2, -0.15) is 0 Å². The maximum Gasteiger partial charge on any atom is 0.271 e. The molecule has 0 fully saturated rings. The smallest absolute Gasteiger partial charge is 0.271 e. The van der Waals surface area contributed by atoms with Gasteiger partial charge in [-0.1, -0.05) is 41.1 Å². The Kier molecular flexibility index (Phi) is 4.54. The summed E-state index contributed by atoms with van der Waals surface area (Å²) in [7, 11) is 0. The molecule has 0 unspecified atom stereocenters. The zero-order valence-corrected chi connectivity index (χ0v) is 13.7. The molecule has 0 saturated carbocycles. The number of rotatable bonds is 5. The summed E-state index contributed by atoms with van der Waals surface area (Å²) in [5, 5.41) is 14.6. The molecule has 3 aromatic rings. The van der Waals surface area contributed by atoms with E-state index in [-0.39, 0.29) is 11.5 Å². The third-order valence-electron chi connectivity index (χ3n) is 3.16. The van der Waals surface area contributed by atoms with Gasteiger partial charge >= 0.3 is 0 Å². The van der Waals surface area contributed by atoms with Gasteiger partial charge in [0.25, 0.3) is 5.69 Å². The Morgan fingerprint density at radius 3 is 2.75 bits per heavy atom. The van der Waals surface area contributed by atoms with E-state index in [0.29, 0.717) is 26.3 Å². The number of nitrogens with one attached hydrogen (secondary N) is 1. The van der Waals surface area contributed by atoms with Gasteiger partial charge in [0, 0.05) is 23.4 Å². The predicted octanol–water partition coefficient (Wildman–Crippen LogP) is 4.68. The predicted molar refractivity (Wildman–Crippen MR) is 93.4 cm³/mol. The lowest BCUT2D eigenvalue weighted by Crippen LogP contribution is -1.99. The molecule has 0 saturated heterocycles. The zero-order chi connectivity index (χ0) is 17.1. The van der Waals surface area contributed by atoms with E-state index in [1.165, 1.54) is 18.3 Å². The molecule has 24 heavy (non-hydrogen) atoms. The quantitative estimate of drug-likeness (QED) is 0.406. The number of nitro benzene ring substituents is 1. The summed E-state index contributed by atoms with van der Waals surface area (Å²) in [5.41, 5.74) is 0.906. The van der Waals surface area contributed by atoms with Crippen molar-refractivity contribution in [2.45, 2.75) is 0 Å². The number of hydrogen-bond acceptors (Lipinski definition) is 6. The van der Waals surface area contributed by atoms with Crippen molar-refractivity contribution in [2.24, 2.45) is 0 Å². The average molecular weight is 360 g/mol. The lowest BCUT2D eigenvalue weighted by Gasteiger charge is -2.02. The fraction of sp³-hybridized carbons (Fsp3) is 0. The fourth-order valence-electron chi connectivity index (χ4n) is 2.04. The van der Waals surface area contributed by atoms with E-state index in [0.717, 1.165) is 11.3 Å². The minimum Gasteiger partial charge on any atom is -0.331 e. The second-order valence-corrected chi connectivity index (χ2v) is 6.21. The van der Waals surface area contributed by atoms with Crippen LogP contribution < -0.4 is 5.32 Å². The van der Waals surface area contributed by atoms with Gasteiger partial charge < -0.3 is 5.32 Å². The number of carbonyl (C=O) groups excluding carboxylic acids is 1. The van der Waals surface area contributed by atoms with Crippen LogP contribution >= 0.6 is 22.9 Å². The first kappa shape index (κ1) is 16.1. The van der Waals surface area contributed by atoms with Crippen LogP contribution in [0.2, 0.25) is 5.02 Å². The number of benzene rings is 2. The molecule has 3 rings (SSSR count). The molecule has 0 aliphatic rings. The molecule has 0 spiro atoms. The molecule has 1 N–H and O–H groups in total. The molecule has 1 heterocycles. The molecule has 0 bridgehead atoms. The molecule has 1 aromatic heterocycles. The highest BCUT2D eigenvalue weighted by molar-refractivity contribution is 7.17. The molecule has 0 radical (unpaired) electrons. The molecule has 0 aliphatic heterocycles. The largest absolute Gasteiger partial charge is 0.331 e. The first-order valence-corrected chi connectivity index (χ1v) is 8.00. The van der Waals surface area contributed by atoms with E-state index >= 15 is 0 Å². The van der Waals surface area contributed by atoms with E-state index in [4.69, 9.17) is 11.6 Å². The molecule has 8 heteroatoms. The maximum atomic E-state index is 12.4. The number of ketones is 1. The van der Waals surface area contributed by atoms with Gasteiger partial charge in [0.2, 0.25) is 5.78 Å². The van der Waals surface area contributed by atoms with Gasteiger partial charge in [-0.15, -0.1) is 0 Å². The van der Waals surface area contributed by atoms with Crippen molar-refractivity contribution in [1.29, 1.82) is 0 Å². The summed E-state index contributed by atoms with van der Waals surface area (Å²) >= 11 is 7.19. The number of thiazole rings is 1. The Hall–Kier alpha value is -2.77. The van der Waals surface area contributed by atoms with Gasteiger partial charge in [-0.05, 0) is 18.2 Å². The Balaban J connectivity index is 1.81. The molecular weight excluding hydrogens is 350 g/mol. The van der Waals surface area contributed by atoms with E-state index in [9.17, 15) is 14.9 Å². The molecule has 6 nitrogen and oxygen atoms in total. The number of carbonyl (C=O) groups is 1. The third kappa shape index (κ3) is 3.42. The van der Waals surface area contributed by atoms with Crippen LogP contribution in [0.25, 0.3) is 0 Å². The van der Waals surface area contributed by atoms with Crippen LogP contribution in [-0.4, -0.2) is 15.7 Å². The number of anilines is 2. The molecule has 120 valence electrons. The van der Waals surface area contributed by atoms with Crippen LogP contribution in [0, 0.1) is 10.1 Å². The molecule has 0 aliphatic carbocycles. The van der Waals surface area contributed by atoms with E-state index < -0.39 is 4.92 Å². The van der Waals surface area contributed by atoms with Crippen LogP contribution in [0.5, 0.6) is 0 Å². The minimum atomic E-state index is -0.473. The van der Waals surface area contributed by atoms with E-state index in [1.807, 2.05) is 0 Å². The fourth-order valence-corrected chi connectivity index (χ4v) is 3.05. The summed E-state index contributed by atoms with van der Waals surface area (Å²) in [6.07, 6.45) is 1.45. The highest BCUT2D eigenvalue weighted by Gasteiger charge is 2.16. The van der Waals surface area contributed by atoms with Crippen LogP contribution in [-0.2, 0) is 0 Å². The SMILES string of the molecule is O=C(c1cnc(Nc2cccc([N+](=O)[O-])c2)s1)c1ccccc1Cl. The number of aromatic nitrogens is 1. The Bertz CT molecular complexity index is 926. The van der Waals surface area contributed by atoms with Crippen molar-refractivity contribution < 1.29 is 9.72 Å². The first-order valence-electron chi connectivity index (χ1n) is 6.81. The van der Waals surface area contributed by atoms with Crippen LogP contribution in [0.3, 0.4) is 0 Å². The lowest BCUT2D eigenvalue weighted by atomic mass is 10.1. The van der Waals surface area contributed by atoms with Crippen molar-refractivity contribution in [1.82, 2.24) is 4.98 Å². The van der Waals surface area contributed by atoms with Gasteiger partial charge in [-0.25, -0.2) is 4.98 Å². The average Bonchev–Trinajstić information content (AvgIpc) is 3.03. The van der Waals surface area contributed by atoms with Crippen LogP contribution in [0.15, 0.2) is 54.7 Å². The van der Waals surface area contributed by atoms with Crippen molar-refractivity contribution in [3.8, 4) is 0 Å². The standard InChI is InChI=1S/C16H10ClN3O3S/c17-13-7-2-1-6-12(13)15(21)14-9-18-16(24-14)19-10-4-3-5-11(8-10)20(22)23/h1-9H,(H,18,19). The Morgan fingerprint density at radius 2 is 2.00 bits per heavy atom. The maximum absolute atomic E-state index is 12.4. The monoisotopic (exact) mass is 359 g/mol. The number of halogens is 1. The molecule has 0 amide bonds. The van der Waals surface area contributed by atoms with Gasteiger partial charge in [-0.3, -0.25) is 14.9 Å². The summed E-state index contributed by atoms with van der Waals surface area (Å²) in [6, 6.07) is 12.9. The Morgan fingerprint density at radius 1 is 1.21 bits per heavy atom. The highest BCUT2D eigenvalue weighted by atomic mass is 35.5. The second kappa shape index (κ2) is 6.77.